The highest BCUT2D eigenvalue weighted by molar-refractivity contribution is 7.89. The van der Waals surface area contributed by atoms with Gasteiger partial charge in [0.15, 0.2) is 0 Å². The fourth-order valence-electron chi connectivity index (χ4n) is 2.31. The Labute approximate surface area is 146 Å². The van der Waals surface area contributed by atoms with Gasteiger partial charge in [0.05, 0.1) is 10.9 Å². The molecule has 1 atom stereocenters. The van der Waals surface area contributed by atoms with Crippen LogP contribution < -0.4 is 4.72 Å². The van der Waals surface area contributed by atoms with Crippen molar-refractivity contribution in [3.63, 3.8) is 0 Å². The van der Waals surface area contributed by atoms with E-state index in [-0.39, 0.29) is 0 Å². The van der Waals surface area contributed by atoms with E-state index in [2.05, 4.69) is 4.72 Å². The van der Waals surface area contributed by atoms with Crippen LogP contribution in [-0.4, -0.2) is 8.42 Å². The molecule has 3 nitrogen and oxygen atoms in total. The first kappa shape index (κ1) is 17.7. The number of hydrogen-bond acceptors (Lipinski definition) is 3. The fraction of sp³-hybridized carbons (Fsp3) is 0.0588. The zero-order valence-corrected chi connectivity index (χ0v) is 14.3. The molecule has 0 radical (unpaired) electrons. The van der Waals surface area contributed by atoms with Gasteiger partial charge in [-0.15, -0.1) is 11.3 Å². The fourth-order valence-corrected chi connectivity index (χ4v) is 4.43. The summed E-state index contributed by atoms with van der Waals surface area (Å²) in [6.07, 6.45) is 0. The predicted octanol–water partition coefficient (Wildman–Crippen LogP) is 4.23. The maximum atomic E-state index is 13.4. The van der Waals surface area contributed by atoms with E-state index in [0.717, 1.165) is 12.1 Å². The van der Waals surface area contributed by atoms with Gasteiger partial charge in [0.1, 0.15) is 17.5 Å². The van der Waals surface area contributed by atoms with Gasteiger partial charge >= 0.3 is 0 Å². The summed E-state index contributed by atoms with van der Waals surface area (Å²) >= 11 is 1.30. The summed E-state index contributed by atoms with van der Waals surface area (Å²) in [6.45, 7) is 0. The van der Waals surface area contributed by atoms with E-state index in [1.807, 2.05) is 0 Å². The third-order valence-corrected chi connectivity index (χ3v) is 5.79. The van der Waals surface area contributed by atoms with Gasteiger partial charge in [-0.1, -0.05) is 18.2 Å². The molecule has 2 aromatic carbocycles. The number of rotatable bonds is 5. The van der Waals surface area contributed by atoms with Crippen LogP contribution in [0.5, 0.6) is 0 Å². The maximum Gasteiger partial charge on any atom is 0.241 e. The van der Waals surface area contributed by atoms with Gasteiger partial charge in [0.2, 0.25) is 10.0 Å². The van der Waals surface area contributed by atoms with Crippen LogP contribution in [0.15, 0.2) is 64.9 Å². The van der Waals surface area contributed by atoms with Gasteiger partial charge in [-0.2, -0.15) is 4.72 Å². The minimum atomic E-state index is -4.21. The first-order valence-electron chi connectivity index (χ1n) is 7.12. The first-order valence-corrected chi connectivity index (χ1v) is 9.49. The van der Waals surface area contributed by atoms with Crippen LogP contribution in [0.4, 0.5) is 13.2 Å². The third kappa shape index (κ3) is 4.09. The van der Waals surface area contributed by atoms with E-state index < -0.39 is 38.4 Å². The monoisotopic (exact) mass is 383 g/mol. The topological polar surface area (TPSA) is 46.2 Å². The standard InChI is InChI=1S/C17H12F3NO2S2/c18-12-5-3-11(4-6-12)17(16-2-1-7-24-16)21-25(22,23)15-9-13(19)8-14(20)10-15/h1-10,17,21H. The molecule has 1 unspecified atom stereocenters. The molecule has 0 amide bonds. The average Bonchev–Trinajstić information content (AvgIpc) is 3.07. The summed E-state index contributed by atoms with van der Waals surface area (Å²) in [5.74, 6) is -2.44. The second-order valence-electron chi connectivity index (χ2n) is 5.23. The molecule has 0 aliphatic heterocycles. The van der Waals surface area contributed by atoms with E-state index >= 15 is 0 Å². The molecule has 3 rings (SSSR count). The van der Waals surface area contributed by atoms with Crippen molar-refractivity contribution in [3.8, 4) is 0 Å². The minimum absolute atomic E-state index is 0.455. The van der Waals surface area contributed by atoms with Gasteiger partial charge in [-0.3, -0.25) is 0 Å². The summed E-state index contributed by atoms with van der Waals surface area (Å²) in [4.78, 5) is 0.140. The Bertz CT molecular complexity index is 951. The summed E-state index contributed by atoms with van der Waals surface area (Å²) in [5.41, 5.74) is 0.504. The van der Waals surface area contributed by atoms with Crippen LogP contribution >= 0.6 is 11.3 Å². The van der Waals surface area contributed by atoms with Crippen molar-refractivity contribution in [2.45, 2.75) is 10.9 Å². The molecule has 1 heterocycles. The number of halogens is 3. The van der Waals surface area contributed by atoms with Crippen molar-refractivity contribution in [3.05, 3.63) is 87.9 Å². The molecule has 0 spiro atoms. The molecule has 130 valence electrons. The normalized spacial score (nSPS) is 12.9. The van der Waals surface area contributed by atoms with E-state index in [0.29, 0.717) is 16.5 Å². The van der Waals surface area contributed by atoms with E-state index in [4.69, 9.17) is 0 Å². The molecule has 0 aliphatic carbocycles. The molecule has 0 saturated carbocycles. The van der Waals surface area contributed by atoms with Gasteiger partial charge in [0.25, 0.3) is 0 Å². The Kier molecular flexibility index (Phi) is 4.94. The van der Waals surface area contributed by atoms with Gasteiger partial charge in [-0.05, 0) is 41.3 Å². The van der Waals surface area contributed by atoms with Crippen LogP contribution in [0.3, 0.4) is 0 Å². The first-order chi connectivity index (χ1) is 11.8. The summed E-state index contributed by atoms with van der Waals surface area (Å²) in [7, 11) is -4.21. The average molecular weight is 383 g/mol. The van der Waals surface area contributed by atoms with E-state index in [9.17, 15) is 21.6 Å². The van der Waals surface area contributed by atoms with Crippen LogP contribution in [-0.2, 0) is 10.0 Å². The van der Waals surface area contributed by atoms with Crippen molar-refractivity contribution in [2.24, 2.45) is 0 Å². The van der Waals surface area contributed by atoms with Crippen LogP contribution in [0.2, 0.25) is 0 Å². The lowest BCUT2D eigenvalue weighted by atomic mass is 10.1. The van der Waals surface area contributed by atoms with Crippen molar-refractivity contribution < 1.29 is 21.6 Å². The Balaban J connectivity index is 2.01. The zero-order chi connectivity index (χ0) is 18.0. The summed E-state index contributed by atoms with van der Waals surface area (Å²) in [6, 6.07) is 10.1. The van der Waals surface area contributed by atoms with E-state index in [1.165, 1.54) is 35.6 Å². The van der Waals surface area contributed by atoms with Crippen molar-refractivity contribution in [2.75, 3.05) is 0 Å². The molecule has 0 bridgehead atoms. The Morgan fingerprint density at radius 3 is 2.08 bits per heavy atom. The number of benzene rings is 2. The molecular formula is C17H12F3NO2S2. The van der Waals surface area contributed by atoms with Gasteiger partial charge < -0.3 is 0 Å². The second-order valence-corrected chi connectivity index (χ2v) is 7.92. The van der Waals surface area contributed by atoms with Crippen LogP contribution in [0.25, 0.3) is 0 Å². The van der Waals surface area contributed by atoms with Crippen molar-refractivity contribution in [1.29, 1.82) is 0 Å². The summed E-state index contributed by atoms with van der Waals surface area (Å²) < 4.78 is 67.5. The summed E-state index contributed by atoms with van der Waals surface area (Å²) in [5, 5.41) is 1.77. The van der Waals surface area contributed by atoms with E-state index in [1.54, 1.807) is 17.5 Å². The zero-order valence-electron chi connectivity index (χ0n) is 12.6. The largest absolute Gasteiger partial charge is 0.241 e. The molecule has 3 aromatic rings. The van der Waals surface area contributed by atoms with Gasteiger partial charge in [0, 0.05) is 10.9 Å². The third-order valence-electron chi connectivity index (χ3n) is 3.45. The molecule has 0 fully saturated rings. The Hall–Kier alpha value is -2.16. The Morgan fingerprint density at radius 1 is 0.880 bits per heavy atom. The SMILES string of the molecule is O=S(=O)(NC(c1ccc(F)cc1)c1cccs1)c1cc(F)cc(F)c1. The molecule has 0 saturated heterocycles. The lowest BCUT2D eigenvalue weighted by molar-refractivity contribution is 0.557. The smallest absolute Gasteiger partial charge is 0.207 e. The quantitative estimate of drug-likeness (QED) is 0.717. The highest BCUT2D eigenvalue weighted by Crippen LogP contribution is 2.28. The molecule has 25 heavy (non-hydrogen) atoms. The highest BCUT2D eigenvalue weighted by Gasteiger charge is 2.24. The second kappa shape index (κ2) is 6.99. The number of sulfonamides is 1. The van der Waals surface area contributed by atoms with Crippen molar-refractivity contribution >= 4 is 21.4 Å². The van der Waals surface area contributed by atoms with Crippen LogP contribution in [0.1, 0.15) is 16.5 Å². The molecule has 0 aliphatic rings. The lowest BCUT2D eigenvalue weighted by Gasteiger charge is -2.18. The number of hydrogen-bond donors (Lipinski definition) is 1. The molecule has 1 aromatic heterocycles. The molecule has 8 heteroatoms. The molecule has 1 N–H and O–H groups in total. The van der Waals surface area contributed by atoms with Gasteiger partial charge in [-0.25, -0.2) is 21.6 Å². The minimum Gasteiger partial charge on any atom is -0.207 e. The highest BCUT2D eigenvalue weighted by atomic mass is 32.2. The lowest BCUT2D eigenvalue weighted by Crippen LogP contribution is -2.29. The van der Waals surface area contributed by atoms with Crippen molar-refractivity contribution in [1.82, 2.24) is 4.72 Å². The number of nitrogens with one attached hydrogen (secondary N) is 1. The molecular weight excluding hydrogens is 371 g/mol. The number of thiophene rings is 1. The maximum absolute atomic E-state index is 13.4. The predicted molar refractivity (Wildman–Crippen MR) is 89.2 cm³/mol. The Morgan fingerprint density at radius 2 is 1.52 bits per heavy atom. The van der Waals surface area contributed by atoms with Crippen LogP contribution in [0, 0.1) is 17.5 Å².